The van der Waals surface area contributed by atoms with E-state index in [0.717, 1.165) is 36.3 Å². The smallest absolute Gasteiger partial charge is 0.411 e. The van der Waals surface area contributed by atoms with Crippen LogP contribution in [0.3, 0.4) is 0 Å². The Bertz CT molecular complexity index is 1610. The summed E-state index contributed by atoms with van der Waals surface area (Å²) >= 11 is 6.22. The van der Waals surface area contributed by atoms with Crippen LogP contribution < -0.4 is 16.0 Å². The number of amides is 2. The number of H-pyrrole nitrogens is 1. The van der Waals surface area contributed by atoms with Gasteiger partial charge in [-0.15, -0.1) is 5.10 Å². The summed E-state index contributed by atoms with van der Waals surface area (Å²) in [4.78, 5) is 33.4. The summed E-state index contributed by atoms with van der Waals surface area (Å²) in [5.74, 6) is 0.746. The van der Waals surface area contributed by atoms with Crippen molar-refractivity contribution in [3.63, 3.8) is 0 Å². The van der Waals surface area contributed by atoms with Crippen molar-refractivity contribution in [2.45, 2.75) is 32.2 Å². The number of hydrogen-bond acceptors (Lipinski definition) is 9. The SMILES string of the molecule is COCCOC(=O)Nc1ccc2c(c1)NCC(C)CCCC(NC(=O)C=Cc1cc(Cl)ccc1-n1cnnn1)c1ncc-2[nH]1. The minimum atomic E-state index is -0.554. The Morgan fingerprint density at radius 3 is 2.89 bits per heavy atom. The van der Waals surface area contributed by atoms with Gasteiger partial charge in [0.25, 0.3) is 0 Å². The number of aromatic nitrogens is 6. The first-order valence-electron chi connectivity index (χ1n) is 14.3. The molecule has 4 aromatic rings. The van der Waals surface area contributed by atoms with Gasteiger partial charge in [-0.2, -0.15) is 4.68 Å². The second-order valence-electron chi connectivity index (χ2n) is 10.5. The fourth-order valence-corrected chi connectivity index (χ4v) is 5.06. The number of fused-ring (bicyclic) bond motifs is 4. The molecule has 2 amide bonds. The van der Waals surface area contributed by atoms with Crippen LogP contribution in [-0.2, 0) is 14.3 Å². The zero-order valence-corrected chi connectivity index (χ0v) is 25.2. The van der Waals surface area contributed by atoms with E-state index in [0.29, 0.717) is 46.7 Å². The maximum atomic E-state index is 13.1. The maximum Gasteiger partial charge on any atom is 0.411 e. The van der Waals surface area contributed by atoms with E-state index >= 15 is 0 Å². The highest BCUT2D eigenvalue weighted by Crippen LogP contribution is 2.32. The predicted octanol–water partition coefficient (Wildman–Crippen LogP) is 5.00. The summed E-state index contributed by atoms with van der Waals surface area (Å²) in [6.07, 6.45) is 8.37. The van der Waals surface area contributed by atoms with Gasteiger partial charge in [-0.1, -0.05) is 24.9 Å². The van der Waals surface area contributed by atoms with E-state index in [4.69, 9.17) is 21.1 Å². The molecule has 0 radical (unpaired) electrons. The van der Waals surface area contributed by atoms with E-state index in [1.807, 2.05) is 12.1 Å². The first kappa shape index (κ1) is 30.7. The monoisotopic (exact) mass is 619 g/mol. The zero-order chi connectivity index (χ0) is 30.9. The first-order chi connectivity index (χ1) is 21.4. The largest absolute Gasteiger partial charge is 0.447 e. The van der Waals surface area contributed by atoms with E-state index in [2.05, 4.69) is 48.4 Å². The molecule has 1 aliphatic heterocycles. The first-order valence-corrected chi connectivity index (χ1v) is 14.6. The van der Waals surface area contributed by atoms with Crippen LogP contribution in [0.5, 0.6) is 0 Å². The van der Waals surface area contributed by atoms with Crippen LogP contribution in [0.15, 0.2) is 55.0 Å². The molecule has 2 aromatic heterocycles. The number of benzene rings is 2. The molecule has 3 heterocycles. The number of tetrazole rings is 1. The number of rotatable bonds is 8. The molecule has 1 aliphatic rings. The molecule has 2 atom stereocenters. The third-order valence-corrected chi connectivity index (χ3v) is 7.38. The fraction of sp³-hybridized carbons (Fsp3) is 0.333. The quantitative estimate of drug-likeness (QED) is 0.157. The average molecular weight is 620 g/mol. The van der Waals surface area contributed by atoms with E-state index in [1.54, 1.807) is 43.6 Å². The van der Waals surface area contributed by atoms with E-state index in [9.17, 15) is 9.59 Å². The van der Waals surface area contributed by atoms with Crippen molar-refractivity contribution in [1.82, 2.24) is 35.5 Å². The number of carbonyl (C=O) groups is 2. The Morgan fingerprint density at radius 1 is 1.18 bits per heavy atom. The van der Waals surface area contributed by atoms with Gasteiger partial charge in [-0.05, 0) is 71.7 Å². The lowest BCUT2D eigenvalue weighted by molar-refractivity contribution is -0.117. The summed E-state index contributed by atoms with van der Waals surface area (Å²) in [6, 6.07) is 10.5. The Labute approximate surface area is 259 Å². The molecule has 230 valence electrons. The van der Waals surface area contributed by atoms with Crippen LogP contribution in [0.25, 0.3) is 23.0 Å². The third kappa shape index (κ3) is 7.99. The highest BCUT2D eigenvalue weighted by Gasteiger charge is 2.20. The number of nitrogens with one attached hydrogen (secondary N) is 4. The van der Waals surface area contributed by atoms with Crippen molar-refractivity contribution in [2.24, 2.45) is 5.92 Å². The molecule has 14 heteroatoms. The van der Waals surface area contributed by atoms with E-state index < -0.39 is 6.09 Å². The highest BCUT2D eigenvalue weighted by atomic mass is 35.5. The zero-order valence-electron chi connectivity index (χ0n) is 24.4. The topological polar surface area (TPSA) is 161 Å². The van der Waals surface area contributed by atoms with Gasteiger partial charge in [-0.25, -0.2) is 9.78 Å². The normalized spacial score (nSPS) is 16.7. The second kappa shape index (κ2) is 14.6. The molecule has 4 N–H and O–H groups in total. The van der Waals surface area contributed by atoms with Gasteiger partial charge in [0, 0.05) is 47.3 Å². The van der Waals surface area contributed by atoms with Gasteiger partial charge >= 0.3 is 6.09 Å². The minimum Gasteiger partial charge on any atom is -0.447 e. The molecule has 2 bridgehead atoms. The van der Waals surface area contributed by atoms with Gasteiger partial charge in [0.15, 0.2) is 0 Å². The number of carbonyl (C=O) groups excluding carboxylic acids is 2. The molecule has 0 saturated carbocycles. The third-order valence-electron chi connectivity index (χ3n) is 7.15. The Balaban J connectivity index is 1.34. The van der Waals surface area contributed by atoms with Crippen molar-refractivity contribution >= 4 is 41.1 Å². The molecule has 13 nitrogen and oxygen atoms in total. The summed E-state index contributed by atoms with van der Waals surface area (Å²) in [5, 5.41) is 21.2. The molecular weight excluding hydrogens is 586 g/mol. The number of ether oxygens (including phenoxy) is 2. The maximum absolute atomic E-state index is 13.1. The van der Waals surface area contributed by atoms with Gasteiger partial charge in [0.2, 0.25) is 5.91 Å². The number of aromatic amines is 1. The number of nitrogens with zero attached hydrogens (tertiary/aromatic N) is 5. The Morgan fingerprint density at radius 2 is 2.07 bits per heavy atom. The van der Waals surface area contributed by atoms with Crippen molar-refractivity contribution in [2.75, 3.05) is 37.5 Å². The van der Waals surface area contributed by atoms with Crippen LogP contribution in [0.2, 0.25) is 5.02 Å². The molecule has 0 aliphatic carbocycles. The van der Waals surface area contributed by atoms with E-state index in [1.165, 1.54) is 17.1 Å². The van der Waals surface area contributed by atoms with Crippen molar-refractivity contribution in [3.8, 4) is 16.9 Å². The molecule has 44 heavy (non-hydrogen) atoms. The van der Waals surface area contributed by atoms with Crippen molar-refractivity contribution in [1.29, 1.82) is 0 Å². The van der Waals surface area contributed by atoms with E-state index in [-0.39, 0.29) is 18.6 Å². The van der Waals surface area contributed by atoms with Gasteiger partial charge < -0.3 is 25.1 Å². The van der Waals surface area contributed by atoms with Crippen LogP contribution in [0.1, 0.15) is 43.6 Å². The summed E-state index contributed by atoms with van der Waals surface area (Å²) in [5.41, 5.74) is 4.48. The molecule has 5 rings (SSSR count). The lowest BCUT2D eigenvalue weighted by Crippen LogP contribution is -2.28. The number of imidazole rings is 1. The number of hydrogen-bond donors (Lipinski definition) is 4. The molecule has 2 unspecified atom stereocenters. The molecule has 0 fully saturated rings. The lowest BCUT2D eigenvalue weighted by Gasteiger charge is -2.20. The van der Waals surface area contributed by atoms with Crippen LogP contribution >= 0.6 is 11.6 Å². The fourth-order valence-electron chi connectivity index (χ4n) is 4.88. The highest BCUT2D eigenvalue weighted by molar-refractivity contribution is 6.30. The summed E-state index contributed by atoms with van der Waals surface area (Å²) in [7, 11) is 1.55. The number of methoxy groups -OCH3 is 1. The number of anilines is 2. The lowest BCUT2D eigenvalue weighted by atomic mass is 10.00. The van der Waals surface area contributed by atoms with Crippen LogP contribution in [-0.4, -0.2) is 69.0 Å². The van der Waals surface area contributed by atoms with Crippen molar-refractivity contribution in [3.05, 3.63) is 71.4 Å². The Kier molecular flexibility index (Phi) is 10.2. The van der Waals surface area contributed by atoms with Gasteiger partial charge in [0.1, 0.15) is 18.8 Å². The van der Waals surface area contributed by atoms with Gasteiger partial charge in [0.05, 0.1) is 30.2 Å². The predicted molar refractivity (Wildman–Crippen MR) is 166 cm³/mol. The average Bonchev–Trinajstić information content (AvgIpc) is 3.72. The summed E-state index contributed by atoms with van der Waals surface area (Å²) in [6.45, 7) is 3.40. The van der Waals surface area contributed by atoms with Crippen LogP contribution in [0.4, 0.5) is 16.2 Å². The van der Waals surface area contributed by atoms with Crippen molar-refractivity contribution < 1.29 is 19.1 Å². The molecular formula is C30H34ClN9O4. The summed E-state index contributed by atoms with van der Waals surface area (Å²) < 4.78 is 11.6. The molecule has 0 saturated heterocycles. The standard InChI is InChI=1S/C30H34ClN9O4/c1-19-4-3-5-24(36-28(41)11-6-20-14-21(31)7-10-27(20)40-18-34-38-39-40)29-33-17-26(37-29)23-9-8-22(15-25(23)32-16-19)35-30(42)44-13-12-43-2/h6-11,14-15,17-19,24,32H,3-5,12-13,16H2,1-2H3,(H,33,37)(H,35,42)(H,36,41). The minimum absolute atomic E-state index is 0.163. The molecule has 2 aromatic carbocycles. The van der Waals surface area contributed by atoms with Gasteiger partial charge in [-0.3, -0.25) is 10.1 Å². The molecule has 0 spiro atoms. The Hall–Kier alpha value is -4.75. The van der Waals surface area contributed by atoms with Crippen LogP contribution in [0, 0.1) is 5.92 Å². The number of halogens is 1. The second-order valence-corrected chi connectivity index (χ2v) is 10.9.